The molecule has 2 atom stereocenters. The first kappa shape index (κ1) is 18.7. The van der Waals surface area contributed by atoms with Crippen molar-refractivity contribution >= 4 is 32.6 Å². The Labute approximate surface area is 166 Å². The van der Waals surface area contributed by atoms with Crippen LogP contribution in [0.15, 0.2) is 18.2 Å². The van der Waals surface area contributed by atoms with Crippen molar-refractivity contribution in [3.8, 4) is 0 Å². The van der Waals surface area contributed by atoms with Gasteiger partial charge in [0.2, 0.25) is 5.91 Å². The van der Waals surface area contributed by atoms with Gasteiger partial charge in [0.05, 0.1) is 10.2 Å². The number of nitrogens with zero attached hydrogens (tertiary/aromatic N) is 2. The number of fused-ring (bicyclic) bond motifs is 1. The van der Waals surface area contributed by atoms with E-state index in [-0.39, 0.29) is 11.8 Å². The highest BCUT2D eigenvalue weighted by molar-refractivity contribution is 7.22. The summed E-state index contributed by atoms with van der Waals surface area (Å²) in [5, 5.41) is 4.47. The van der Waals surface area contributed by atoms with Crippen LogP contribution < -0.4 is 10.2 Å². The Hall–Kier alpha value is -1.62. The smallest absolute Gasteiger partial charge is 0.223 e. The van der Waals surface area contributed by atoms with Crippen LogP contribution in [0.3, 0.4) is 0 Å². The fourth-order valence-electron chi connectivity index (χ4n) is 4.48. The van der Waals surface area contributed by atoms with Gasteiger partial charge in [-0.1, -0.05) is 44.1 Å². The van der Waals surface area contributed by atoms with E-state index in [0.29, 0.717) is 12.0 Å². The minimum absolute atomic E-state index is 0.163. The van der Waals surface area contributed by atoms with Gasteiger partial charge in [-0.05, 0) is 55.7 Å². The summed E-state index contributed by atoms with van der Waals surface area (Å²) < 4.78 is 1.27. The average molecular weight is 386 g/mol. The number of aryl methyl sites for hydroxylation is 1. The Kier molecular flexibility index (Phi) is 5.67. The van der Waals surface area contributed by atoms with Gasteiger partial charge in [-0.2, -0.15) is 0 Å². The van der Waals surface area contributed by atoms with Crippen molar-refractivity contribution in [2.45, 2.75) is 64.8 Å². The summed E-state index contributed by atoms with van der Waals surface area (Å²) >= 11 is 1.79. The number of carbonyl (C=O) groups is 1. The summed E-state index contributed by atoms with van der Waals surface area (Å²) in [6.07, 6.45) is 7.90. The number of aromatic nitrogens is 1. The van der Waals surface area contributed by atoms with Crippen LogP contribution in [0.25, 0.3) is 10.2 Å². The second-order valence-electron chi connectivity index (χ2n) is 8.29. The predicted molar refractivity (Wildman–Crippen MR) is 113 cm³/mol. The van der Waals surface area contributed by atoms with E-state index >= 15 is 0 Å². The van der Waals surface area contributed by atoms with E-state index in [1.807, 2.05) is 0 Å². The van der Waals surface area contributed by atoms with E-state index in [1.54, 1.807) is 11.3 Å². The summed E-state index contributed by atoms with van der Waals surface area (Å²) in [6.45, 7) is 6.33. The molecule has 2 aliphatic rings. The number of carbonyl (C=O) groups excluding carboxylic acids is 1. The third-order valence-electron chi connectivity index (χ3n) is 6.43. The first-order valence-electron chi connectivity index (χ1n) is 10.6. The van der Waals surface area contributed by atoms with Crippen molar-refractivity contribution in [1.29, 1.82) is 0 Å². The van der Waals surface area contributed by atoms with Gasteiger partial charge < -0.3 is 10.2 Å². The molecule has 1 saturated heterocycles. The number of benzene rings is 1. The second kappa shape index (κ2) is 8.17. The molecule has 1 aromatic carbocycles. The number of amides is 1. The lowest BCUT2D eigenvalue weighted by molar-refractivity contribution is -0.126. The molecule has 2 heterocycles. The molecule has 1 aromatic heterocycles. The number of anilines is 1. The Morgan fingerprint density at radius 3 is 2.74 bits per heavy atom. The lowest BCUT2D eigenvalue weighted by atomic mass is 9.85. The number of hydrogen-bond donors (Lipinski definition) is 1. The average Bonchev–Trinajstić information content (AvgIpc) is 3.13. The highest BCUT2D eigenvalue weighted by atomic mass is 32.1. The monoisotopic (exact) mass is 385 g/mol. The molecular weight excluding hydrogens is 354 g/mol. The third-order valence-corrected chi connectivity index (χ3v) is 7.50. The first-order valence-corrected chi connectivity index (χ1v) is 11.4. The van der Waals surface area contributed by atoms with Crippen molar-refractivity contribution in [2.75, 3.05) is 18.0 Å². The zero-order valence-corrected chi connectivity index (χ0v) is 17.4. The minimum atomic E-state index is 0.163. The van der Waals surface area contributed by atoms with Gasteiger partial charge in [0.15, 0.2) is 5.13 Å². The molecule has 0 radical (unpaired) electrons. The van der Waals surface area contributed by atoms with E-state index < -0.39 is 0 Å². The number of rotatable bonds is 4. The molecule has 2 unspecified atom stereocenters. The molecule has 1 N–H and O–H groups in total. The number of thiazole rings is 1. The fraction of sp³-hybridized carbons (Fsp3) is 0.636. The molecule has 2 fully saturated rings. The summed E-state index contributed by atoms with van der Waals surface area (Å²) in [4.78, 5) is 19.9. The molecular formula is C22H31N3OS. The molecule has 0 bridgehead atoms. The Morgan fingerprint density at radius 1 is 1.22 bits per heavy atom. The highest BCUT2D eigenvalue weighted by Gasteiger charge is 2.29. The van der Waals surface area contributed by atoms with Gasteiger partial charge in [0.25, 0.3) is 0 Å². The standard InChI is InChI=1S/C22H31N3OS/c1-3-16-8-9-19-20(14-16)27-22(24-19)25-12-10-17(11-13-25)21(26)23-18-7-5-4-6-15(18)2/h8-9,14-15,17-18H,3-7,10-13H2,1-2H3,(H,23,26). The Bertz CT molecular complexity index is 794. The molecule has 1 amide bonds. The maximum Gasteiger partial charge on any atom is 0.223 e. The third kappa shape index (κ3) is 4.13. The van der Waals surface area contributed by atoms with Crippen LogP contribution in [-0.4, -0.2) is 30.0 Å². The normalized spacial score (nSPS) is 24.3. The zero-order valence-electron chi connectivity index (χ0n) is 16.5. The second-order valence-corrected chi connectivity index (χ2v) is 9.30. The van der Waals surface area contributed by atoms with E-state index in [1.165, 1.54) is 29.5 Å². The molecule has 1 aliphatic heterocycles. The molecule has 0 spiro atoms. The summed E-state index contributed by atoms with van der Waals surface area (Å²) in [6, 6.07) is 6.97. The number of hydrogen-bond acceptors (Lipinski definition) is 4. The maximum atomic E-state index is 12.7. The van der Waals surface area contributed by atoms with E-state index in [2.05, 4.69) is 42.3 Å². The highest BCUT2D eigenvalue weighted by Crippen LogP contribution is 2.32. The van der Waals surface area contributed by atoms with Gasteiger partial charge in [-0.15, -0.1) is 0 Å². The van der Waals surface area contributed by atoms with Gasteiger partial charge in [-0.25, -0.2) is 4.98 Å². The van der Waals surface area contributed by atoms with Crippen LogP contribution in [0.5, 0.6) is 0 Å². The van der Waals surface area contributed by atoms with Crippen molar-refractivity contribution in [3.05, 3.63) is 23.8 Å². The SMILES string of the molecule is CCc1ccc2nc(N3CCC(C(=O)NC4CCCCC4C)CC3)sc2c1. The Morgan fingerprint density at radius 2 is 2.00 bits per heavy atom. The number of piperidine rings is 1. The van der Waals surface area contributed by atoms with Gasteiger partial charge in [0.1, 0.15) is 0 Å². The van der Waals surface area contributed by atoms with Gasteiger partial charge in [-0.3, -0.25) is 4.79 Å². The van der Waals surface area contributed by atoms with Crippen LogP contribution in [0, 0.1) is 11.8 Å². The number of nitrogens with one attached hydrogen (secondary N) is 1. The Balaban J connectivity index is 1.35. The quantitative estimate of drug-likeness (QED) is 0.824. The topological polar surface area (TPSA) is 45.2 Å². The van der Waals surface area contributed by atoms with Crippen LogP contribution in [0.2, 0.25) is 0 Å². The van der Waals surface area contributed by atoms with Crippen LogP contribution >= 0.6 is 11.3 Å². The molecule has 5 heteroatoms. The lowest BCUT2D eigenvalue weighted by Gasteiger charge is -2.34. The van der Waals surface area contributed by atoms with E-state index in [9.17, 15) is 4.79 Å². The molecule has 1 saturated carbocycles. The van der Waals surface area contributed by atoms with E-state index in [4.69, 9.17) is 4.98 Å². The fourth-order valence-corrected chi connectivity index (χ4v) is 5.56. The summed E-state index contributed by atoms with van der Waals surface area (Å²) in [7, 11) is 0. The van der Waals surface area contributed by atoms with Crippen LogP contribution in [-0.2, 0) is 11.2 Å². The van der Waals surface area contributed by atoms with Crippen LogP contribution in [0.1, 0.15) is 57.9 Å². The molecule has 4 rings (SSSR count). The molecule has 4 nitrogen and oxygen atoms in total. The lowest BCUT2D eigenvalue weighted by Crippen LogP contribution is -2.46. The maximum absolute atomic E-state index is 12.7. The van der Waals surface area contributed by atoms with Crippen molar-refractivity contribution in [3.63, 3.8) is 0 Å². The molecule has 1 aliphatic carbocycles. The largest absolute Gasteiger partial charge is 0.353 e. The van der Waals surface area contributed by atoms with Crippen molar-refractivity contribution in [2.24, 2.45) is 11.8 Å². The zero-order chi connectivity index (χ0) is 18.8. The molecule has 2 aromatic rings. The van der Waals surface area contributed by atoms with Crippen LogP contribution in [0.4, 0.5) is 5.13 Å². The van der Waals surface area contributed by atoms with Gasteiger partial charge >= 0.3 is 0 Å². The molecule has 146 valence electrons. The summed E-state index contributed by atoms with van der Waals surface area (Å²) in [5.74, 6) is 1.07. The first-order chi connectivity index (χ1) is 13.1. The minimum Gasteiger partial charge on any atom is -0.353 e. The van der Waals surface area contributed by atoms with Gasteiger partial charge in [0, 0.05) is 25.0 Å². The molecule has 27 heavy (non-hydrogen) atoms. The predicted octanol–water partition coefficient (Wildman–Crippen LogP) is 4.77. The van der Waals surface area contributed by atoms with Crippen molar-refractivity contribution in [1.82, 2.24) is 10.3 Å². The van der Waals surface area contributed by atoms with E-state index in [0.717, 1.165) is 49.4 Å². The van der Waals surface area contributed by atoms with Crippen molar-refractivity contribution < 1.29 is 4.79 Å². The summed E-state index contributed by atoms with van der Waals surface area (Å²) in [5.41, 5.74) is 2.46.